The first-order valence-electron chi connectivity index (χ1n) is 11.0. The van der Waals surface area contributed by atoms with E-state index in [9.17, 15) is 10.1 Å². The molecule has 2 aromatic rings. The molecule has 1 aliphatic heterocycles. The predicted molar refractivity (Wildman–Crippen MR) is 122 cm³/mol. The molecular weight excluding hydrogens is 386 g/mol. The standard InChI is InChI=1S/C25H31N5O/c1-29-12-14-30(15-13-29)18-20-4-8-22(9-5-20)21-6-2-19(3-7-21)16-23(17-26)28-24(31)25(27)10-11-25/h2-9,23H,10-16,18,27H2,1H3,(H,28,31)/t23-/m0/s1. The van der Waals surface area contributed by atoms with E-state index < -0.39 is 11.6 Å². The SMILES string of the molecule is CN1CCN(Cc2ccc(-c3ccc(C[C@@H](C#N)NC(=O)C4(N)CC4)cc3)cc2)CC1. The van der Waals surface area contributed by atoms with Gasteiger partial charge in [0.2, 0.25) is 5.91 Å². The minimum absolute atomic E-state index is 0.215. The Morgan fingerprint density at radius 1 is 1.03 bits per heavy atom. The zero-order valence-electron chi connectivity index (χ0n) is 18.2. The van der Waals surface area contributed by atoms with Gasteiger partial charge >= 0.3 is 0 Å². The van der Waals surface area contributed by atoms with Crippen molar-refractivity contribution >= 4 is 5.91 Å². The Hall–Kier alpha value is -2.72. The van der Waals surface area contributed by atoms with Crippen LogP contribution in [0.5, 0.6) is 0 Å². The number of nitrogens with one attached hydrogen (secondary N) is 1. The van der Waals surface area contributed by atoms with Gasteiger partial charge in [-0.3, -0.25) is 9.69 Å². The van der Waals surface area contributed by atoms with Crippen LogP contribution in [-0.4, -0.2) is 60.5 Å². The molecule has 0 unspecified atom stereocenters. The maximum Gasteiger partial charge on any atom is 0.241 e. The highest BCUT2D eigenvalue weighted by atomic mass is 16.2. The fourth-order valence-corrected chi connectivity index (χ4v) is 3.93. The second kappa shape index (κ2) is 9.19. The number of carbonyl (C=O) groups excluding carboxylic acids is 1. The number of rotatable bonds is 7. The molecule has 6 heteroatoms. The van der Waals surface area contributed by atoms with Crippen molar-refractivity contribution < 1.29 is 4.79 Å². The van der Waals surface area contributed by atoms with Crippen molar-refractivity contribution in [3.63, 3.8) is 0 Å². The lowest BCUT2D eigenvalue weighted by Gasteiger charge is -2.32. The van der Waals surface area contributed by atoms with Crippen LogP contribution in [-0.2, 0) is 17.8 Å². The third-order valence-corrected chi connectivity index (χ3v) is 6.39. The summed E-state index contributed by atoms with van der Waals surface area (Å²) in [6, 6.07) is 18.6. The average molecular weight is 418 g/mol. The van der Waals surface area contributed by atoms with Crippen LogP contribution < -0.4 is 11.1 Å². The number of nitriles is 1. The van der Waals surface area contributed by atoms with Gasteiger partial charge in [-0.15, -0.1) is 0 Å². The Morgan fingerprint density at radius 3 is 2.10 bits per heavy atom. The molecule has 1 saturated carbocycles. The van der Waals surface area contributed by atoms with Gasteiger partial charge in [-0.05, 0) is 42.1 Å². The van der Waals surface area contributed by atoms with E-state index >= 15 is 0 Å². The van der Waals surface area contributed by atoms with Crippen LogP contribution in [0.2, 0.25) is 0 Å². The fraction of sp³-hybridized carbons (Fsp3) is 0.440. The third-order valence-electron chi connectivity index (χ3n) is 6.39. The molecule has 3 N–H and O–H groups in total. The Morgan fingerprint density at radius 2 is 1.58 bits per heavy atom. The van der Waals surface area contributed by atoms with Crippen molar-refractivity contribution in [2.24, 2.45) is 5.73 Å². The molecular formula is C25H31N5O. The number of piperazine rings is 1. The third kappa shape index (κ3) is 5.50. The van der Waals surface area contributed by atoms with Crippen molar-refractivity contribution in [3.05, 3.63) is 59.7 Å². The van der Waals surface area contributed by atoms with Gasteiger partial charge in [0.1, 0.15) is 6.04 Å². The lowest BCUT2D eigenvalue weighted by molar-refractivity contribution is -0.123. The van der Waals surface area contributed by atoms with Crippen LogP contribution in [0.25, 0.3) is 11.1 Å². The molecule has 162 valence electrons. The summed E-state index contributed by atoms with van der Waals surface area (Å²) in [7, 11) is 2.18. The first-order valence-corrected chi connectivity index (χ1v) is 11.0. The second-order valence-electron chi connectivity index (χ2n) is 8.99. The van der Waals surface area contributed by atoms with E-state index in [0.29, 0.717) is 19.3 Å². The monoisotopic (exact) mass is 417 g/mol. The minimum atomic E-state index is -0.754. The maximum absolute atomic E-state index is 12.1. The van der Waals surface area contributed by atoms with E-state index in [0.717, 1.165) is 43.9 Å². The predicted octanol–water partition coefficient (Wildman–Crippen LogP) is 2.14. The minimum Gasteiger partial charge on any atom is -0.338 e. The van der Waals surface area contributed by atoms with E-state index in [1.54, 1.807) is 0 Å². The van der Waals surface area contributed by atoms with Crippen molar-refractivity contribution in [3.8, 4) is 17.2 Å². The first-order chi connectivity index (χ1) is 14.9. The summed E-state index contributed by atoms with van der Waals surface area (Å²) in [6.45, 7) is 5.51. The summed E-state index contributed by atoms with van der Waals surface area (Å²) in [5.74, 6) is -0.215. The van der Waals surface area contributed by atoms with Crippen molar-refractivity contribution in [2.75, 3.05) is 33.2 Å². The molecule has 1 heterocycles. The Bertz CT molecular complexity index is 935. The highest BCUT2D eigenvalue weighted by molar-refractivity contribution is 5.89. The number of likely N-dealkylation sites (N-methyl/N-ethyl adjacent to an activating group) is 1. The molecule has 2 fully saturated rings. The van der Waals surface area contributed by atoms with E-state index in [2.05, 4.69) is 64.6 Å². The number of amides is 1. The lowest BCUT2D eigenvalue weighted by atomic mass is 10.00. The summed E-state index contributed by atoms with van der Waals surface area (Å²) >= 11 is 0. The summed E-state index contributed by atoms with van der Waals surface area (Å²) < 4.78 is 0. The summed E-state index contributed by atoms with van der Waals surface area (Å²) in [6.07, 6.45) is 1.86. The quantitative estimate of drug-likeness (QED) is 0.721. The first kappa shape index (κ1) is 21.5. The number of carbonyl (C=O) groups is 1. The van der Waals surface area contributed by atoms with E-state index in [-0.39, 0.29) is 5.91 Å². The van der Waals surface area contributed by atoms with Crippen LogP contribution in [0.1, 0.15) is 24.0 Å². The lowest BCUT2D eigenvalue weighted by Crippen LogP contribution is -2.47. The summed E-state index contributed by atoms with van der Waals surface area (Å²) in [4.78, 5) is 17.0. The molecule has 2 aromatic carbocycles. The summed E-state index contributed by atoms with van der Waals surface area (Å²) in [5.41, 5.74) is 9.84. The van der Waals surface area contributed by atoms with Gasteiger partial charge in [-0.2, -0.15) is 5.26 Å². The largest absolute Gasteiger partial charge is 0.338 e. The molecule has 1 saturated heterocycles. The molecule has 0 aromatic heterocycles. The van der Waals surface area contributed by atoms with Crippen LogP contribution >= 0.6 is 0 Å². The van der Waals surface area contributed by atoms with Gasteiger partial charge in [0.05, 0.1) is 11.6 Å². The van der Waals surface area contributed by atoms with Gasteiger partial charge in [0, 0.05) is 39.1 Å². The molecule has 1 amide bonds. The van der Waals surface area contributed by atoms with Gasteiger partial charge < -0.3 is 16.0 Å². The Labute approximate surface area is 184 Å². The maximum atomic E-state index is 12.1. The van der Waals surface area contributed by atoms with Crippen LogP contribution in [0.15, 0.2) is 48.5 Å². The smallest absolute Gasteiger partial charge is 0.241 e. The molecule has 1 atom stereocenters. The number of nitrogens with zero attached hydrogens (tertiary/aromatic N) is 3. The average Bonchev–Trinajstić information content (AvgIpc) is 3.54. The molecule has 0 spiro atoms. The van der Waals surface area contributed by atoms with Crippen LogP contribution in [0.3, 0.4) is 0 Å². The van der Waals surface area contributed by atoms with E-state index in [1.165, 1.54) is 11.1 Å². The van der Waals surface area contributed by atoms with Gasteiger partial charge in [0.25, 0.3) is 0 Å². The summed E-state index contributed by atoms with van der Waals surface area (Å²) in [5, 5.41) is 12.2. The molecule has 31 heavy (non-hydrogen) atoms. The van der Waals surface area contributed by atoms with Crippen molar-refractivity contribution in [2.45, 2.75) is 37.4 Å². The van der Waals surface area contributed by atoms with Gasteiger partial charge in [0.15, 0.2) is 0 Å². The Balaban J connectivity index is 1.33. The molecule has 6 nitrogen and oxygen atoms in total. The normalized spacial score (nSPS) is 19.4. The van der Waals surface area contributed by atoms with Gasteiger partial charge in [-0.25, -0.2) is 0 Å². The number of nitrogens with two attached hydrogens (primary N) is 1. The van der Waals surface area contributed by atoms with Crippen LogP contribution in [0.4, 0.5) is 0 Å². The number of hydrogen-bond acceptors (Lipinski definition) is 5. The molecule has 2 aliphatic rings. The van der Waals surface area contributed by atoms with E-state index in [1.807, 2.05) is 12.1 Å². The van der Waals surface area contributed by atoms with Gasteiger partial charge in [-0.1, -0.05) is 48.5 Å². The topological polar surface area (TPSA) is 85.4 Å². The number of hydrogen-bond donors (Lipinski definition) is 2. The Kier molecular flexibility index (Phi) is 6.38. The van der Waals surface area contributed by atoms with E-state index in [4.69, 9.17) is 5.73 Å². The second-order valence-corrected chi connectivity index (χ2v) is 8.99. The highest BCUT2D eigenvalue weighted by Crippen LogP contribution is 2.32. The number of benzene rings is 2. The molecule has 0 bridgehead atoms. The molecule has 4 rings (SSSR count). The molecule has 1 aliphatic carbocycles. The zero-order valence-corrected chi connectivity index (χ0v) is 18.2. The fourth-order valence-electron chi connectivity index (χ4n) is 3.93. The van der Waals surface area contributed by atoms with Crippen molar-refractivity contribution in [1.82, 2.24) is 15.1 Å². The van der Waals surface area contributed by atoms with Crippen molar-refractivity contribution in [1.29, 1.82) is 5.26 Å². The van der Waals surface area contributed by atoms with Crippen LogP contribution in [0, 0.1) is 11.3 Å². The molecule has 0 radical (unpaired) electrons. The zero-order chi connectivity index (χ0) is 21.8. The highest BCUT2D eigenvalue weighted by Gasteiger charge is 2.46.